The molecule has 0 aliphatic carbocycles. The predicted molar refractivity (Wildman–Crippen MR) is 150 cm³/mol. The Labute approximate surface area is 226 Å². The fraction of sp³-hybridized carbons (Fsp3) is 0.0645. The van der Waals surface area contributed by atoms with E-state index in [4.69, 9.17) is 13.8 Å². The molecule has 2 N–H and O–H groups in total. The maximum Gasteiger partial charge on any atom is 0.457 e. The van der Waals surface area contributed by atoms with Crippen LogP contribution in [0, 0.1) is 0 Å². The van der Waals surface area contributed by atoms with Crippen LogP contribution in [0.15, 0.2) is 127 Å². The standard InChI is InChI=1S/C31H26NO6P/c33-27-19-18-24-20-26(17-16-25(24)21-27)30(32-31(34)36-22-23-10-4-1-5-11-23)39(35,37-28-12-6-2-7-13-28)38-29-14-8-3-9-15-29/h1-21,30,33H,22H2,(H,32,34). The molecule has 39 heavy (non-hydrogen) atoms. The van der Waals surface area contributed by atoms with Crippen molar-refractivity contribution in [1.29, 1.82) is 0 Å². The molecule has 0 aliphatic rings. The molecule has 5 rings (SSSR count). The van der Waals surface area contributed by atoms with E-state index in [0.717, 1.165) is 16.3 Å². The first kappa shape index (κ1) is 25.9. The molecule has 1 unspecified atom stereocenters. The van der Waals surface area contributed by atoms with Crippen molar-refractivity contribution in [3.05, 3.63) is 139 Å². The second kappa shape index (κ2) is 11.8. The van der Waals surface area contributed by atoms with E-state index < -0.39 is 19.5 Å². The van der Waals surface area contributed by atoms with Crippen LogP contribution in [-0.2, 0) is 15.9 Å². The Morgan fingerprint density at radius 3 is 1.87 bits per heavy atom. The molecule has 1 amide bonds. The van der Waals surface area contributed by atoms with Gasteiger partial charge in [0.1, 0.15) is 23.9 Å². The Bertz CT molecular complexity index is 1550. The minimum Gasteiger partial charge on any atom is -0.508 e. The van der Waals surface area contributed by atoms with E-state index in [9.17, 15) is 14.5 Å². The molecule has 0 spiro atoms. The molecule has 8 heteroatoms. The Hall–Kier alpha value is -4.74. The van der Waals surface area contributed by atoms with E-state index in [0.29, 0.717) is 17.1 Å². The van der Waals surface area contributed by atoms with Gasteiger partial charge in [-0.1, -0.05) is 84.9 Å². The van der Waals surface area contributed by atoms with Gasteiger partial charge in [-0.05, 0) is 64.4 Å². The van der Waals surface area contributed by atoms with E-state index >= 15 is 0 Å². The highest BCUT2D eigenvalue weighted by Crippen LogP contribution is 2.59. The fourth-order valence-corrected chi connectivity index (χ4v) is 5.89. The van der Waals surface area contributed by atoms with Crippen LogP contribution in [0.25, 0.3) is 10.8 Å². The Balaban J connectivity index is 1.54. The van der Waals surface area contributed by atoms with Crippen molar-refractivity contribution >= 4 is 24.5 Å². The molecule has 0 aromatic heterocycles. The van der Waals surface area contributed by atoms with Gasteiger partial charge in [0.05, 0.1) is 0 Å². The smallest absolute Gasteiger partial charge is 0.457 e. The van der Waals surface area contributed by atoms with Crippen LogP contribution < -0.4 is 14.4 Å². The largest absolute Gasteiger partial charge is 0.508 e. The van der Waals surface area contributed by atoms with Gasteiger partial charge < -0.3 is 24.2 Å². The number of amides is 1. The number of para-hydroxylation sites is 2. The Morgan fingerprint density at radius 1 is 0.718 bits per heavy atom. The number of carbonyl (C=O) groups excluding carboxylic acids is 1. The van der Waals surface area contributed by atoms with Gasteiger partial charge in [-0.2, -0.15) is 0 Å². The van der Waals surface area contributed by atoms with Crippen molar-refractivity contribution in [1.82, 2.24) is 5.32 Å². The second-order valence-corrected chi connectivity index (χ2v) is 10.7. The van der Waals surface area contributed by atoms with Crippen LogP contribution in [0.5, 0.6) is 17.2 Å². The summed E-state index contributed by atoms with van der Waals surface area (Å²) >= 11 is 0. The van der Waals surface area contributed by atoms with Crippen LogP contribution in [0.4, 0.5) is 4.79 Å². The van der Waals surface area contributed by atoms with E-state index in [1.807, 2.05) is 42.5 Å². The summed E-state index contributed by atoms with van der Waals surface area (Å²) in [4.78, 5) is 13.1. The SMILES string of the molecule is O=C(NC(c1ccc2cc(O)ccc2c1)P(=O)(Oc1ccccc1)Oc1ccccc1)OCc1ccccc1. The summed E-state index contributed by atoms with van der Waals surface area (Å²) in [7, 11) is -4.19. The van der Waals surface area contributed by atoms with Gasteiger partial charge in [0.15, 0.2) is 5.78 Å². The Morgan fingerprint density at radius 2 is 1.26 bits per heavy atom. The number of alkyl carbamates (subject to hydrolysis) is 1. The Kier molecular flexibility index (Phi) is 7.80. The molecule has 0 aliphatic heterocycles. The number of hydrogen-bond donors (Lipinski definition) is 2. The lowest BCUT2D eigenvalue weighted by molar-refractivity contribution is 0.137. The van der Waals surface area contributed by atoms with Gasteiger partial charge in [0.2, 0.25) is 0 Å². The van der Waals surface area contributed by atoms with Gasteiger partial charge in [0, 0.05) is 0 Å². The molecule has 5 aromatic rings. The number of fused-ring (bicyclic) bond motifs is 1. The van der Waals surface area contributed by atoms with E-state index in [-0.39, 0.29) is 12.4 Å². The molecule has 0 radical (unpaired) electrons. The van der Waals surface area contributed by atoms with E-state index in [1.165, 1.54) is 0 Å². The van der Waals surface area contributed by atoms with Gasteiger partial charge in [-0.15, -0.1) is 0 Å². The number of benzene rings is 5. The van der Waals surface area contributed by atoms with Crippen molar-refractivity contribution in [2.45, 2.75) is 12.4 Å². The molecule has 7 nitrogen and oxygen atoms in total. The summed E-state index contributed by atoms with van der Waals surface area (Å²) in [5, 5.41) is 14.2. The summed E-state index contributed by atoms with van der Waals surface area (Å²) < 4.78 is 32.2. The third-order valence-electron chi connectivity index (χ3n) is 5.90. The first-order valence-electron chi connectivity index (χ1n) is 12.3. The van der Waals surface area contributed by atoms with Crippen molar-refractivity contribution in [2.75, 3.05) is 0 Å². The fourth-order valence-electron chi connectivity index (χ4n) is 4.02. The zero-order chi connectivity index (χ0) is 27.1. The number of phenols is 1. The number of hydrogen-bond acceptors (Lipinski definition) is 6. The third-order valence-corrected chi connectivity index (χ3v) is 7.89. The molecule has 0 saturated heterocycles. The first-order valence-corrected chi connectivity index (χ1v) is 13.9. The predicted octanol–water partition coefficient (Wildman–Crippen LogP) is 7.82. The minimum atomic E-state index is -4.19. The molecule has 0 fully saturated rings. The van der Waals surface area contributed by atoms with Crippen LogP contribution in [-0.4, -0.2) is 11.2 Å². The minimum absolute atomic E-state index is 0.0276. The summed E-state index contributed by atoms with van der Waals surface area (Å²) in [5.41, 5.74) is 1.28. The second-order valence-electron chi connectivity index (χ2n) is 8.75. The average molecular weight is 540 g/mol. The molecular weight excluding hydrogens is 513 g/mol. The molecule has 0 saturated carbocycles. The lowest BCUT2D eigenvalue weighted by atomic mass is 10.1. The van der Waals surface area contributed by atoms with Gasteiger partial charge in [-0.25, -0.2) is 9.36 Å². The third kappa shape index (κ3) is 6.58. The van der Waals surface area contributed by atoms with Crippen LogP contribution in [0.2, 0.25) is 0 Å². The number of rotatable bonds is 9. The van der Waals surface area contributed by atoms with E-state index in [2.05, 4.69) is 5.32 Å². The highest BCUT2D eigenvalue weighted by Gasteiger charge is 2.42. The summed E-state index contributed by atoms with van der Waals surface area (Å²) in [6.45, 7) is 0.0276. The normalized spacial score (nSPS) is 11.9. The number of ether oxygens (including phenoxy) is 1. The number of nitrogens with one attached hydrogen (secondary N) is 1. The van der Waals surface area contributed by atoms with Crippen LogP contribution in [0.3, 0.4) is 0 Å². The van der Waals surface area contributed by atoms with Crippen molar-refractivity contribution < 1.29 is 28.3 Å². The monoisotopic (exact) mass is 539 g/mol. The van der Waals surface area contributed by atoms with Crippen molar-refractivity contribution in [2.24, 2.45) is 0 Å². The molecule has 0 heterocycles. The molecule has 196 valence electrons. The topological polar surface area (TPSA) is 94.1 Å². The van der Waals surface area contributed by atoms with Gasteiger partial charge in [0.25, 0.3) is 0 Å². The molecular formula is C31H26NO6P. The lowest BCUT2D eigenvalue weighted by Gasteiger charge is -2.28. The first-order chi connectivity index (χ1) is 19.0. The highest BCUT2D eigenvalue weighted by atomic mass is 31.2. The van der Waals surface area contributed by atoms with Crippen LogP contribution >= 0.6 is 7.60 Å². The lowest BCUT2D eigenvalue weighted by Crippen LogP contribution is -2.31. The number of aromatic hydroxyl groups is 1. The molecule has 5 aromatic carbocycles. The van der Waals surface area contributed by atoms with Crippen LogP contribution in [0.1, 0.15) is 16.9 Å². The van der Waals surface area contributed by atoms with E-state index in [1.54, 1.807) is 84.9 Å². The molecule has 1 atom stereocenters. The van der Waals surface area contributed by atoms with Crippen molar-refractivity contribution in [3.8, 4) is 17.2 Å². The van der Waals surface area contributed by atoms with Crippen molar-refractivity contribution in [3.63, 3.8) is 0 Å². The zero-order valence-corrected chi connectivity index (χ0v) is 21.7. The number of carbonyl (C=O) groups is 1. The maximum absolute atomic E-state index is 14.7. The maximum atomic E-state index is 14.7. The molecule has 0 bridgehead atoms. The quantitative estimate of drug-likeness (QED) is 0.186. The summed E-state index contributed by atoms with van der Waals surface area (Å²) in [6, 6.07) is 36.7. The summed E-state index contributed by atoms with van der Waals surface area (Å²) in [6.07, 6.45) is -0.789. The zero-order valence-electron chi connectivity index (χ0n) is 20.8. The van der Waals surface area contributed by atoms with Gasteiger partial charge >= 0.3 is 13.7 Å². The summed E-state index contributed by atoms with van der Waals surface area (Å²) in [5.74, 6) is -0.488. The number of phenolic OH excluding ortho intramolecular Hbond substituents is 1. The average Bonchev–Trinajstić information content (AvgIpc) is 2.96. The highest BCUT2D eigenvalue weighted by molar-refractivity contribution is 7.55. The van der Waals surface area contributed by atoms with Gasteiger partial charge in [-0.3, -0.25) is 0 Å².